The summed E-state index contributed by atoms with van der Waals surface area (Å²) in [5, 5.41) is 2.71. The van der Waals surface area contributed by atoms with Gasteiger partial charge in [-0.3, -0.25) is 4.57 Å². The number of amides is 2. The van der Waals surface area contributed by atoms with Crippen LogP contribution >= 0.6 is 22.6 Å². The van der Waals surface area contributed by atoms with Crippen molar-refractivity contribution in [2.75, 3.05) is 13.1 Å². The molecule has 3 rings (SSSR count). The molecule has 11 nitrogen and oxygen atoms in total. The number of hydrogen-bond donors (Lipinski definition) is 1. The maximum Gasteiger partial charge on any atom is 0.410 e. The Kier molecular flexibility index (Phi) is 11.5. The lowest BCUT2D eigenvalue weighted by atomic mass is 10.1. The van der Waals surface area contributed by atoms with Crippen LogP contribution in [-0.4, -0.2) is 56.9 Å². The fourth-order valence-electron chi connectivity index (χ4n) is 4.01. The molecule has 0 spiro atoms. The van der Waals surface area contributed by atoms with Crippen molar-refractivity contribution in [3.63, 3.8) is 0 Å². The van der Waals surface area contributed by atoms with Gasteiger partial charge in [0.05, 0.1) is 20.9 Å². The van der Waals surface area contributed by atoms with Gasteiger partial charge in [-0.05, 0) is 107 Å². The third-order valence-electron chi connectivity index (χ3n) is 6.04. The molecule has 1 aromatic heterocycles. The number of nitrogens with zero attached hydrogens (tertiary/aromatic N) is 3. The Hall–Kier alpha value is -3.94. The summed E-state index contributed by atoms with van der Waals surface area (Å²) in [6.45, 7) is 13.3. The molecule has 0 aliphatic rings. The molecule has 2 amide bonds. The van der Waals surface area contributed by atoms with Gasteiger partial charge in [-0.1, -0.05) is 30.3 Å². The number of esters is 1. The van der Waals surface area contributed by atoms with Gasteiger partial charge in [0.1, 0.15) is 11.2 Å². The molecule has 2 aromatic carbocycles. The van der Waals surface area contributed by atoms with Gasteiger partial charge >= 0.3 is 23.8 Å². The Bertz CT molecular complexity index is 1510. The lowest BCUT2D eigenvalue weighted by Crippen LogP contribution is -2.40. The third-order valence-corrected chi connectivity index (χ3v) is 6.78. The van der Waals surface area contributed by atoms with Crippen molar-refractivity contribution < 1.29 is 28.6 Å². The van der Waals surface area contributed by atoms with Crippen molar-refractivity contribution in [3.05, 3.63) is 86.0 Å². The molecule has 1 atom stereocenters. The topological polar surface area (TPSA) is 129 Å². The number of hydrogen-bond acceptors (Lipinski definition) is 8. The van der Waals surface area contributed by atoms with Crippen LogP contribution in [0.5, 0.6) is 5.88 Å². The van der Waals surface area contributed by atoms with Gasteiger partial charge in [-0.15, -0.1) is 0 Å². The first-order valence-electron chi connectivity index (χ1n) is 14.2. The van der Waals surface area contributed by atoms with Gasteiger partial charge in [-0.2, -0.15) is 4.98 Å². The molecule has 44 heavy (non-hydrogen) atoms. The maximum atomic E-state index is 13.2. The smallest absolute Gasteiger partial charge is 0.410 e. The largest absolute Gasteiger partial charge is 0.444 e. The number of aromatic nitrogens is 2. The first-order chi connectivity index (χ1) is 20.5. The maximum absolute atomic E-state index is 13.2. The van der Waals surface area contributed by atoms with Crippen molar-refractivity contribution in [1.82, 2.24) is 19.8 Å². The number of nitrogens with one attached hydrogen (secondary N) is 1. The van der Waals surface area contributed by atoms with Crippen LogP contribution in [0.1, 0.15) is 76.9 Å². The van der Waals surface area contributed by atoms with Gasteiger partial charge < -0.3 is 24.4 Å². The van der Waals surface area contributed by atoms with Gasteiger partial charge in [0.25, 0.3) is 0 Å². The number of halogens is 1. The Morgan fingerprint density at radius 1 is 0.955 bits per heavy atom. The Labute approximate surface area is 271 Å². The van der Waals surface area contributed by atoms with E-state index < -0.39 is 35.0 Å². The first-order valence-corrected chi connectivity index (χ1v) is 15.2. The number of carbonyl (C=O) groups excluding carboxylic acids is 3. The van der Waals surface area contributed by atoms with Crippen LogP contribution in [0.2, 0.25) is 0 Å². The Morgan fingerprint density at radius 2 is 1.57 bits per heavy atom. The zero-order valence-corrected chi connectivity index (χ0v) is 28.2. The van der Waals surface area contributed by atoms with Gasteiger partial charge in [0.2, 0.25) is 5.88 Å². The molecular formula is C32H39IN4O7. The highest BCUT2D eigenvalue weighted by atomic mass is 127. The molecule has 12 heteroatoms. The average molecular weight is 719 g/mol. The molecule has 0 saturated carbocycles. The minimum Gasteiger partial charge on any atom is -0.444 e. The van der Waals surface area contributed by atoms with E-state index in [2.05, 4.69) is 10.3 Å². The van der Waals surface area contributed by atoms with E-state index >= 15 is 0 Å². The number of benzene rings is 2. The second-order valence-electron chi connectivity index (χ2n) is 12.0. The fraction of sp³-hybridized carbons (Fsp3) is 0.406. The van der Waals surface area contributed by atoms with Crippen LogP contribution in [0.25, 0.3) is 5.69 Å². The second kappa shape index (κ2) is 14.7. The summed E-state index contributed by atoms with van der Waals surface area (Å²) in [6.07, 6.45) is 1.02. The van der Waals surface area contributed by atoms with Crippen molar-refractivity contribution in [2.24, 2.45) is 0 Å². The third kappa shape index (κ3) is 10.4. The van der Waals surface area contributed by atoms with E-state index in [-0.39, 0.29) is 11.9 Å². The summed E-state index contributed by atoms with van der Waals surface area (Å²) in [5.41, 5.74) is -0.218. The predicted molar refractivity (Wildman–Crippen MR) is 174 cm³/mol. The SMILES string of the molecule is CC(c1ccc(-n2cc(I)c(OC(=O)c3ccccc3)nc2=O)cc1)N(CCCNC(=O)OC(C)(C)C)C(=O)OC(C)(C)C. The monoisotopic (exact) mass is 718 g/mol. The molecule has 0 radical (unpaired) electrons. The highest BCUT2D eigenvalue weighted by molar-refractivity contribution is 14.1. The molecule has 236 valence electrons. The van der Waals surface area contributed by atoms with Crippen LogP contribution in [0.4, 0.5) is 9.59 Å². The summed E-state index contributed by atoms with van der Waals surface area (Å²) in [5.74, 6) is -0.679. The summed E-state index contributed by atoms with van der Waals surface area (Å²) in [6, 6.07) is 15.2. The molecule has 0 aliphatic heterocycles. The molecular weight excluding hydrogens is 679 g/mol. The predicted octanol–water partition coefficient (Wildman–Crippen LogP) is 6.27. The summed E-state index contributed by atoms with van der Waals surface area (Å²) < 4.78 is 18.1. The number of alkyl carbamates (subject to hydrolysis) is 1. The van der Waals surface area contributed by atoms with Gasteiger partial charge in [0, 0.05) is 19.3 Å². The molecule has 0 fully saturated rings. The summed E-state index contributed by atoms with van der Waals surface area (Å²) in [7, 11) is 0. The van der Waals surface area contributed by atoms with Crippen LogP contribution < -0.4 is 15.7 Å². The second-order valence-corrected chi connectivity index (χ2v) is 13.2. The van der Waals surface area contributed by atoms with Crippen molar-refractivity contribution in [1.29, 1.82) is 0 Å². The van der Waals surface area contributed by atoms with E-state index in [0.717, 1.165) is 5.56 Å². The number of rotatable bonds is 9. The van der Waals surface area contributed by atoms with E-state index in [4.69, 9.17) is 14.2 Å². The Morgan fingerprint density at radius 3 is 2.16 bits per heavy atom. The molecule has 0 saturated heterocycles. The highest BCUT2D eigenvalue weighted by Gasteiger charge is 2.27. The van der Waals surface area contributed by atoms with Gasteiger partial charge in [-0.25, -0.2) is 19.2 Å². The van der Waals surface area contributed by atoms with Gasteiger partial charge in [0.15, 0.2) is 0 Å². The van der Waals surface area contributed by atoms with Crippen molar-refractivity contribution in [2.45, 2.75) is 72.1 Å². The minimum absolute atomic E-state index is 0.0693. The van der Waals surface area contributed by atoms with Crippen LogP contribution in [0.3, 0.4) is 0 Å². The lowest BCUT2D eigenvalue weighted by molar-refractivity contribution is 0.0171. The summed E-state index contributed by atoms with van der Waals surface area (Å²) in [4.78, 5) is 56.1. The molecule has 1 unspecified atom stereocenters. The van der Waals surface area contributed by atoms with E-state index in [1.54, 1.807) is 95.1 Å². The molecule has 0 bridgehead atoms. The Balaban J connectivity index is 1.74. The van der Waals surface area contributed by atoms with Crippen LogP contribution in [-0.2, 0) is 9.47 Å². The lowest BCUT2D eigenvalue weighted by Gasteiger charge is -2.32. The van der Waals surface area contributed by atoms with E-state index in [0.29, 0.717) is 34.3 Å². The van der Waals surface area contributed by atoms with E-state index in [9.17, 15) is 19.2 Å². The fourth-order valence-corrected chi connectivity index (χ4v) is 4.52. The normalized spacial score (nSPS) is 12.2. The zero-order chi connectivity index (χ0) is 32.7. The summed E-state index contributed by atoms with van der Waals surface area (Å²) >= 11 is 1.96. The van der Waals surface area contributed by atoms with Crippen molar-refractivity contribution >= 4 is 40.7 Å². The first kappa shape index (κ1) is 34.5. The van der Waals surface area contributed by atoms with Crippen LogP contribution in [0.15, 0.2) is 65.6 Å². The molecule has 3 aromatic rings. The van der Waals surface area contributed by atoms with Crippen molar-refractivity contribution in [3.8, 4) is 11.6 Å². The quantitative estimate of drug-likeness (QED) is 0.156. The minimum atomic E-state index is -0.694. The molecule has 1 heterocycles. The average Bonchev–Trinajstić information content (AvgIpc) is 2.93. The number of carbonyl (C=O) groups is 3. The van der Waals surface area contributed by atoms with Crippen LogP contribution in [0, 0.1) is 3.57 Å². The number of ether oxygens (including phenoxy) is 3. The highest BCUT2D eigenvalue weighted by Crippen LogP contribution is 2.25. The van der Waals surface area contributed by atoms with E-state index in [1.165, 1.54) is 4.57 Å². The molecule has 1 N–H and O–H groups in total. The zero-order valence-electron chi connectivity index (χ0n) is 26.0. The molecule has 0 aliphatic carbocycles. The standard InChI is InChI=1S/C32H39IN4O7/c1-21(36(30(41)44-32(5,6)7)19-11-18-34-29(40)43-31(2,3)4)22-14-16-24(17-15-22)37-20-25(33)26(35-28(37)39)42-27(38)23-12-9-8-10-13-23/h8-10,12-17,20-21H,11,18-19H2,1-7H3,(H,34,40). The van der Waals surface area contributed by atoms with E-state index in [1.807, 2.05) is 41.6 Å².